The van der Waals surface area contributed by atoms with Gasteiger partial charge in [0.15, 0.2) is 5.76 Å². The van der Waals surface area contributed by atoms with Gasteiger partial charge in [-0.05, 0) is 108 Å². The van der Waals surface area contributed by atoms with E-state index in [0.29, 0.717) is 42.4 Å². The van der Waals surface area contributed by atoms with Crippen molar-refractivity contribution < 1.29 is 18.8 Å². The highest BCUT2D eigenvalue weighted by molar-refractivity contribution is 5.99. The highest BCUT2D eigenvalue weighted by Gasteiger charge is 2.39. The molecule has 58 heavy (non-hydrogen) atoms. The Morgan fingerprint density at radius 1 is 0.776 bits per heavy atom. The van der Waals surface area contributed by atoms with Crippen molar-refractivity contribution in [2.45, 2.75) is 56.8 Å². The van der Waals surface area contributed by atoms with Crippen molar-refractivity contribution in [3.63, 3.8) is 0 Å². The van der Waals surface area contributed by atoms with Crippen molar-refractivity contribution in [1.82, 2.24) is 34.6 Å². The van der Waals surface area contributed by atoms with Gasteiger partial charge in [-0.15, -0.1) is 0 Å². The first-order chi connectivity index (χ1) is 28.1. The number of benzene rings is 4. The van der Waals surface area contributed by atoms with Crippen LogP contribution < -0.4 is 5.32 Å². The van der Waals surface area contributed by atoms with Gasteiger partial charge >= 0.3 is 0 Å². The minimum atomic E-state index is -0.575. The fourth-order valence-electron chi connectivity index (χ4n) is 8.51. The Morgan fingerprint density at radius 2 is 1.40 bits per heavy atom. The summed E-state index contributed by atoms with van der Waals surface area (Å²) in [6.45, 7) is 3.15. The minimum Gasteiger partial charge on any atom is -0.436 e. The number of anilines is 1. The molecule has 2 saturated heterocycles. The van der Waals surface area contributed by atoms with Crippen LogP contribution in [0.1, 0.15) is 66.3 Å². The number of likely N-dealkylation sites (tertiary alicyclic amines) is 2. The zero-order chi connectivity index (χ0) is 40.5. The molecule has 0 bridgehead atoms. The van der Waals surface area contributed by atoms with E-state index < -0.39 is 12.1 Å². The molecule has 4 atom stereocenters. The summed E-state index contributed by atoms with van der Waals surface area (Å²) in [4.78, 5) is 62.4. The second-order valence-electron chi connectivity index (χ2n) is 15.8. The number of nitrogens with zero attached hydrogens (tertiary/aromatic N) is 6. The first-order valence-corrected chi connectivity index (χ1v) is 20.0. The van der Waals surface area contributed by atoms with Crippen molar-refractivity contribution in [1.29, 1.82) is 0 Å². The summed E-state index contributed by atoms with van der Waals surface area (Å²) in [5.41, 5.74) is 6.59. The third-order valence-corrected chi connectivity index (χ3v) is 11.5. The average Bonchev–Trinajstić information content (AvgIpc) is 4.05. The maximum Gasteiger partial charge on any atom is 0.247 e. The highest BCUT2D eigenvalue weighted by atomic mass is 16.4. The molecule has 12 nitrogen and oxygen atoms in total. The molecular formula is C46H50N8O4. The Labute approximate surface area is 338 Å². The van der Waals surface area contributed by atoms with Gasteiger partial charge < -0.3 is 24.5 Å². The second kappa shape index (κ2) is 16.4. The summed E-state index contributed by atoms with van der Waals surface area (Å²) in [7, 11) is 7.66. The summed E-state index contributed by atoms with van der Waals surface area (Å²) in [6, 6.07) is 29.6. The number of rotatable bonds is 11. The van der Waals surface area contributed by atoms with E-state index in [0.717, 1.165) is 58.4 Å². The van der Waals surface area contributed by atoms with Crippen molar-refractivity contribution in [2.24, 2.45) is 0 Å². The summed E-state index contributed by atoms with van der Waals surface area (Å²) in [6.07, 6.45) is 4.79. The van der Waals surface area contributed by atoms with Gasteiger partial charge in [-0.2, -0.15) is 0 Å². The number of oxazole rings is 1. The SMILES string of the molecule is Cc1ccc(-c2ncc(-c3ccc4nc([C@@H]5CCCN5C(=O)[C@H](c5ccccc5)N(C)C)[nH]c4c3)o2)cc1NC(=O)[C@H]1CCCN1C(=O)[C@@H](c1ccccc1)N(C)C. The second-order valence-corrected chi connectivity index (χ2v) is 15.8. The number of imidazole rings is 1. The van der Waals surface area contributed by atoms with Gasteiger partial charge in [0, 0.05) is 29.9 Å². The van der Waals surface area contributed by atoms with Crippen LogP contribution in [0.5, 0.6) is 0 Å². The summed E-state index contributed by atoms with van der Waals surface area (Å²) in [5.74, 6) is 1.55. The number of hydrogen-bond acceptors (Lipinski definition) is 8. The molecule has 2 aromatic heterocycles. The molecule has 2 aliphatic heterocycles. The quantitative estimate of drug-likeness (QED) is 0.139. The average molecular weight is 779 g/mol. The van der Waals surface area contributed by atoms with Gasteiger partial charge in [0.05, 0.1) is 23.3 Å². The molecule has 0 radical (unpaired) electrons. The number of hydrogen-bond donors (Lipinski definition) is 2. The topological polar surface area (TPSA) is 131 Å². The zero-order valence-corrected chi connectivity index (χ0v) is 33.7. The smallest absolute Gasteiger partial charge is 0.247 e. The Morgan fingerprint density at radius 3 is 2.07 bits per heavy atom. The molecule has 4 aromatic carbocycles. The Bertz CT molecular complexity index is 2420. The van der Waals surface area contributed by atoms with Crippen LogP contribution >= 0.6 is 0 Å². The number of aromatic nitrogens is 3. The van der Waals surface area contributed by atoms with Crippen LogP contribution in [0.25, 0.3) is 33.8 Å². The van der Waals surface area contributed by atoms with E-state index in [1.807, 2.05) is 147 Å². The molecule has 3 amide bonds. The van der Waals surface area contributed by atoms with E-state index in [1.54, 1.807) is 11.1 Å². The predicted molar refractivity (Wildman–Crippen MR) is 225 cm³/mol. The number of aromatic amines is 1. The molecule has 2 aliphatic rings. The minimum absolute atomic E-state index is 0.0699. The lowest BCUT2D eigenvalue weighted by atomic mass is 10.0. The Kier molecular flexibility index (Phi) is 11.0. The number of amides is 3. The molecule has 0 aliphatic carbocycles. The van der Waals surface area contributed by atoms with Crippen molar-refractivity contribution >= 4 is 34.4 Å². The molecule has 4 heterocycles. The summed E-state index contributed by atoms with van der Waals surface area (Å²) >= 11 is 0. The lowest BCUT2D eigenvalue weighted by molar-refractivity contribution is -0.140. The summed E-state index contributed by atoms with van der Waals surface area (Å²) < 4.78 is 6.32. The predicted octanol–water partition coefficient (Wildman–Crippen LogP) is 7.39. The van der Waals surface area contributed by atoms with Crippen LogP contribution in [-0.4, -0.2) is 99.6 Å². The van der Waals surface area contributed by atoms with E-state index in [4.69, 9.17) is 9.40 Å². The lowest BCUT2D eigenvalue weighted by Crippen LogP contribution is -2.47. The summed E-state index contributed by atoms with van der Waals surface area (Å²) in [5, 5.41) is 3.12. The van der Waals surface area contributed by atoms with Gasteiger partial charge in [0.1, 0.15) is 23.9 Å². The maximum absolute atomic E-state index is 14.0. The van der Waals surface area contributed by atoms with Crippen molar-refractivity contribution in [3.05, 3.63) is 126 Å². The van der Waals surface area contributed by atoms with Gasteiger partial charge in [0.25, 0.3) is 0 Å². The molecule has 0 saturated carbocycles. The molecule has 2 N–H and O–H groups in total. The van der Waals surface area contributed by atoms with Crippen LogP contribution in [0, 0.1) is 6.92 Å². The van der Waals surface area contributed by atoms with Crippen molar-refractivity contribution in [2.75, 3.05) is 46.6 Å². The van der Waals surface area contributed by atoms with Crippen LogP contribution in [-0.2, 0) is 14.4 Å². The van der Waals surface area contributed by atoms with Crippen LogP contribution in [0.3, 0.4) is 0 Å². The molecule has 0 spiro atoms. The van der Waals surface area contributed by atoms with Gasteiger partial charge in [-0.25, -0.2) is 9.97 Å². The Hall–Kier alpha value is -6.11. The van der Waals surface area contributed by atoms with E-state index in [1.165, 1.54) is 0 Å². The first-order valence-electron chi connectivity index (χ1n) is 20.0. The molecule has 298 valence electrons. The monoisotopic (exact) mass is 778 g/mol. The van der Waals surface area contributed by atoms with Crippen LogP contribution in [0.2, 0.25) is 0 Å². The van der Waals surface area contributed by atoms with Crippen LogP contribution in [0.4, 0.5) is 5.69 Å². The van der Waals surface area contributed by atoms with E-state index >= 15 is 0 Å². The number of fused-ring (bicyclic) bond motifs is 1. The van der Waals surface area contributed by atoms with E-state index in [2.05, 4.69) is 15.3 Å². The maximum atomic E-state index is 14.0. The van der Waals surface area contributed by atoms with Gasteiger partial charge in [0.2, 0.25) is 23.6 Å². The molecule has 8 rings (SSSR count). The largest absolute Gasteiger partial charge is 0.436 e. The Balaban J connectivity index is 0.977. The molecule has 2 fully saturated rings. The number of nitrogens with one attached hydrogen (secondary N) is 2. The number of H-pyrrole nitrogens is 1. The number of aryl methyl sites for hydroxylation is 1. The van der Waals surface area contributed by atoms with Crippen LogP contribution in [0.15, 0.2) is 108 Å². The zero-order valence-electron chi connectivity index (χ0n) is 33.7. The van der Waals surface area contributed by atoms with Gasteiger partial charge in [-0.3, -0.25) is 24.2 Å². The first kappa shape index (κ1) is 38.7. The normalized spacial score (nSPS) is 18.0. The molecule has 6 aromatic rings. The van der Waals surface area contributed by atoms with Gasteiger partial charge in [-0.1, -0.05) is 66.7 Å². The lowest BCUT2D eigenvalue weighted by Gasteiger charge is -2.31. The number of carbonyl (C=O) groups is 3. The molecule has 12 heteroatoms. The molecular weight excluding hydrogens is 729 g/mol. The number of likely N-dealkylation sites (N-methyl/N-ethyl adjacent to an activating group) is 2. The van der Waals surface area contributed by atoms with E-state index in [9.17, 15) is 14.4 Å². The third-order valence-electron chi connectivity index (χ3n) is 11.5. The highest BCUT2D eigenvalue weighted by Crippen LogP contribution is 2.36. The molecule has 0 unspecified atom stereocenters. The van der Waals surface area contributed by atoms with Crippen molar-refractivity contribution in [3.8, 4) is 22.8 Å². The standard InChI is InChI=1S/C46H50N8O4/c1-29-20-21-33(27-35(29)50-43(55)38-19-13-25-54(38)46(57)41(52(4)5)31-16-10-7-11-17-31)44-47-28-39(58-44)32-22-23-34-36(26-32)49-42(48-34)37-18-12-24-53(37)45(56)40(51(2)3)30-14-8-6-9-15-30/h6-11,14-17,20-23,26-28,37-38,40-41H,12-13,18-19,24-25H2,1-5H3,(H,48,49)(H,50,55)/t37-,38+,40-,41+/m0/s1. The fraction of sp³-hybridized carbons (Fsp3) is 0.326. The van der Waals surface area contributed by atoms with E-state index in [-0.39, 0.29) is 29.8 Å². The third kappa shape index (κ3) is 7.65. The number of carbonyl (C=O) groups excluding carboxylic acids is 3. The fourth-order valence-corrected chi connectivity index (χ4v) is 8.51.